The van der Waals surface area contributed by atoms with Gasteiger partial charge >= 0.3 is 0 Å². The molecule has 0 aliphatic rings. The van der Waals surface area contributed by atoms with Crippen LogP contribution in [-0.2, 0) is 4.74 Å². The zero-order valence-corrected chi connectivity index (χ0v) is 10.3. The summed E-state index contributed by atoms with van der Waals surface area (Å²) in [6, 6.07) is 7.20. The highest BCUT2D eigenvalue weighted by atomic mass is 16.5. The molecule has 0 aliphatic heterocycles. The third-order valence-corrected chi connectivity index (χ3v) is 2.50. The van der Waals surface area contributed by atoms with Gasteiger partial charge in [0.15, 0.2) is 5.78 Å². The van der Waals surface area contributed by atoms with Crippen LogP contribution in [-0.4, -0.2) is 32.7 Å². The summed E-state index contributed by atoms with van der Waals surface area (Å²) in [7, 11) is 1.61. The first-order chi connectivity index (χ1) is 8.20. The van der Waals surface area contributed by atoms with Crippen LogP contribution in [0.2, 0.25) is 0 Å². The molecule has 0 saturated heterocycles. The molecule has 0 saturated carbocycles. The Morgan fingerprint density at radius 2 is 2.06 bits per heavy atom. The highest BCUT2D eigenvalue weighted by molar-refractivity contribution is 6.00. The fraction of sp³-hybridized carbons (Fsp3) is 0.462. The van der Waals surface area contributed by atoms with Gasteiger partial charge in [0.05, 0.1) is 12.2 Å². The Labute approximate surface area is 102 Å². The van der Waals surface area contributed by atoms with Gasteiger partial charge in [-0.3, -0.25) is 4.79 Å². The van der Waals surface area contributed by atoms with Crippen molar-refractivity contribution in [1.29, 1.82) is 0 Å². The molecule has 0 bridgehead atoms. The topological polar surface area (TPSA) is 61.5 Å². The second-order valence-corrected chi connectivity index (χ2v) is 3.84. The maximum absolute atomic E-state index is 12.0. The van der Waals surface area contributed by atoms with E-state index >= 15 is 0 Å². The first-order valence-electron chi connectivity index (χ1n) is 5.65. The molecule has 0 aromatic heterocycles. The molecule has 0 heterocycles. The largest absolute Gasteiger partial charge is 0.490 e. The highest BCUT2D eigenvalue weighted by Crippen LogP contribution is 2.21. The van der Waals surface area contributed by atoms with E-state index < -0.39 is 0 Å². The van der Waals surface area contributed by atoms with Crippen LogP contribution < -0.4 is 10.5 Å². The van der Waals surface area contributed by atoms with Crippen molar-refractivity contribution in [3.05, 3.63) is 29.8 Å². The summed E-state index contributed by atoms with van der Waals surface area (Å²) in [6.45, 7) is 3.08. The highest BCUT2D eigenvalue weighted by Gasteiger charge is 2.17. The van der Waals surface area contributed by atoms with Gasteiger partial charge in [-0.25, -0.2) is 0 Å². The summed E-state index contributed by atoms with van der Waals surface area (Å²) in [4.78, 5) is 12.0. The van der Waals surface area contributed by atoms with Crippen molar-refractivity contribution < 1.29 is 14.3 Å². The van der Waals surface area contributed by atoms with Gasteiger partial charge in [-0.1, -0.05) is 19.1 Å². The molecule has 1 atom stereocenters. The molecule has 0 aliphatic carbocycles. The van der Waals surface area contributed by atoms with Gasteiger partial charge in [0.2, 0.25) is 0 Å². The number of carbonyl (C=O) groups is 1. The van der Waals surface area contributed by atoms with Gasteiger partial charge in [-0.15, -0.1) is 0 Å². The van der Waals surface area contributed by atoms with Gasteiger partial charge < -0.3 is 15.2 Å². The number of hydrogen-bond donors (Lipinski definition) is 1. The van der Waals surface area contributed by atoms with Gasteiger partial charge in [0.1, 0.15) is 12.4 Å². The minimum Gasteiger partial charge on any atom is -0.490 e. The van der Waals surface area contributed by atoms with Crippen molar-refractivity contribution in [3.8, 4) is 5.75 Å². The van der Waals surface area contributed by atoms with Crippen LogP contribution in [0.1, 0.15) is 17.3 Å². The molecule has 94 valence electrons. The summed E-state index contributed by atoms with van der Waals surface area (Å²) in [5.41, 5.74) is 6.09. The van der Waals surface area contributed by atoms with Crippen molar-refractivity contribution in [3.63, 3.8) is 0 Å². The molecule has 0 fully saturated rings. The average molecular weight is 237 g/mol. The van der Waals surface area contributed by atoms with E-state index in [0.29, 0.717) is 31.1 Å². The number of Topliss-reactive ketones (excluding diaryl/α,β-unsaturated/α-hetero) is 1. The zero-order chi connectivity index (χ0) is 12.7. The van der Waals surface area contributed by atoms with Gasteiger partial charge in [-0.05, 0) is 12.1 Å². The molecule has 1 unspecified atom stereocenters. The first kappa shape index (κ1) is 13.7. The molecule has 1 aromatic rings. The van der Waals surface area contributed by atoms with Crippen molar-refractivity contribution in [2.45, 2.75) is 6.92 Å². The number of nitrogens with two attached hydrogens (primary N) is 1. The Hall–Kier alpha value is -1.39. The maximum atomic E-state index is 12.0. The quantitative estimate of drug-likeness (QED) is 0.576. The van der Waals surface area contributed by atoms with E-state index in [9.17, 15) is 4.79 Å². The van der Waals surface area contributed by atoms with E-state index in [0.717, 1.165) is 0 Å². The van der Waals surface area contributed by atoms with Crippen molar-refractivity contribution in [2.24, 2.45) is 11.7 Å². The van der Waals surface area contributed by atoms with Gasteiger partial charge in [0.25, 0.3) is 0 Å². The molecule has 0 radical (unpaired) electrons. The average Bonchev–Trinajstić information content (AvgIpc) is 2.38. The Morgan fingerprint density at radius 3 is 2.71 bits per heavy atom. The normalized spacial score (nSPS) is 12.2. The smallest absolute Gasteiger partial charge is 0.170 e. The summed E-state index contributed by atoms with van der Waals surface area (Å²) in [5, 5.41) is 0. The first-order valence-corrected chi connectivity index (χ1v) is 5.65. The number of hydrogen-bond acceptors (Lipinski definition) is 4. The Bertz CT molecular complexity index is 365. The lowest BCUT2D eigenvalue weighted by Gasteiger charge is -2.13. The molecule has 0 spiro atoms. The van der Waals surface area contributed by atoms with E-state index in [1.807, 2.05) is 19.1 Å². The second-order valence-electron chi connectivity index (χ2n) is 3.84. The van der Waals surface area contributed by atoms with E-state index in [1.165, 1.54) is 0 Å². The van der Waals surface area contributed by atoms with Crippen molar-refractivity contribution in [1.82, 2.24) is 0 Å². The predicted octanol–water partition coefficient (Wildman–Crippen LogP) is 1.49. The summed E-state index contributed by atoms with van der Waals surface area (Å²) in [5.74, 6) is 0.414. The molecule has 17 heavy (non-hydrogen) atoms. The van der Waals surface area contributed by atoms with Gasteiger partial charge in [0, 0.05) is 19.6 Å². The zero-order valence-electron chi connectivity index (χ0n) is 10.3. The predicted molar refractivity (Wildman–Crippen MR) is 66.4 cm³/mol. The minimum atomic E-state index is -0.192. The van der Waals surface area contributed by atoms with E-state index in [-0.39, 0.29) is 11.7 Å². The number of methoxy groups -OCH3 is 1. The molecule has 4 nitrogen and oxygen atoms in total. The van der Waals surface area contributed by atoms with Crippen LogP contribution in [0.4, 0.5) is 0 Å². The number of benzene rings is 1. The lowest BCUT2D eigenvalue weighted by Crippen LogP contribution is -2.21. The second kappa shape index (κ2) is 7.04. The number of carbonyl (C=O) groups excluding carboxylic acids is 1. The van der Waals surface area contributed by atoms with Crippen molar-refractivity contribution >= 4 is 5.78 Å². The monoisotopic (exact) mass is 237 g/mol. The standard InChI is InChI=1S/C13H19NO3/c1-10(9-14)13(15)11-5-3-4-6-12(11)17-8-7-16-2/h3-6,10H,7-9,14H2,1-2H3. The van der Waals surface area contributed by atoms with E-state index in [1.54, 1.807) is 19.2 Å². The van der Waals surface area contributed by atoms with Crippen LogP contribution in [0.15, 0.2) is 24.3 Å². The SMILES string of the molecule is COCCOc1ccccc1C(=O)C(C)CN. The van der Waals surface area contributed by atoms with Crippen molar-refractivity contribution in [2.75, 3.05) is 26.9 Å². The molecular formula is C13H19NO3. The Kier molecular flexibility index (Phi) is 5.66. The van der Waals surface area contributed by atoms with Crippen LogP contribution in [0.25, 0.3) is 0 Å². The van der Waals surface area contributed by atoms with Gasteiger partial charge in [-0.2, -0.15) is 0 Å². The van der Waals surface area contributed by atoms with Crippen LogP contribution in [0.3, 0.4) is 0 Å². The van der Waals surface area contributed by atoms with E-state index in [2.05, 4.69) is 0 Å². The van der Waals surface area contributed by atoms with Crippen LogP contribution >= 0.6 is 0 Å². The fourth-order valence-electron chi connectivity index (χ4n) is 1.40. The third kappa shape index (κ3) is 3.84. The molecule has 1 rings (SSSR count). The molecule has 4 heteroatoms. The lowest BCUT2D eigenvalue weighted by atomic mass is 9.99. The van der Waals surface area contributed by atoms with E-state index in [4.69, 9.17) is 15.2 Å². The number of ether oxygens (including phenoxy) is 2. The summed E-state index contributed by atoms with van der Waals surface area (Å²) in [6.07, 6.45) is 0. The Balaban J connectivity index is 2.80. The number of ketones is 1. The lowest BCUT2D eigenvalue weighted by molar-refractivity contribution is 0.0926. The Morgan fingerprint density at radius 1 is 1.35 bits per heavy atom. The summed E-state index contributed by atoms with van der Waals surface area (Å²) >= 11 is 0. The van der Waals surface area contributed by atoms with Crippen LogP contribution in [0.5, 0.6) is 5.75 Å². The molecule has 0 amide bonds. The third-order valence-electron chi connectivity index (χ3n) is 2.50. The molecule has 1 aromatic carbocycles. The van der Waals surface area contributed by atoms with Crippen LogP contribution in [0, 0.1) is 5.92 Å². The maximum Gasteiger partial charge on any atom is 0.170 e. The number of rotatable bonds is 7. The minimum absolute atomic E-state index is 0.0144. The molecular weight excluding hydrogens is 218 g/mol. The molecule has 2 N–H and O–H groups in total. The number of para-hydroxylation sites is 1. The summed E-state index contributed by atoms with van der Waals surface area (Å²) < 4.78 is 10.4. The fourth-order valence-corrected chi connectivity index (χ4v) is 1.40.